The molecule has 0 radical (unpaired) electrons. The lowest BCUT2D eigenvalue weighted by atomic mass is 9.87. The van der Waals surface area contributed by atoms with Gasteiger partial charge in [0, 0.05) is 12.3 Å². The molecule has 0 unspecified atom stereocenters. The molecule has 0 atom stereocenters. The van der Waals surface area contributed by atoms with Crippen LogP contribution in [0.2, 0.25) is 0 Å². The van der Waals surface area contributed by atoms with Gasteiger partial charge in [-0.3, -0.25) is 0 Å². The summed E-state index contributed by atoms with van der Waals surface area (Å²) in [4.78, 5) is 0. The normalized spacial score (nSPS) is 10.4. The van der Waals surface area contributed by atoms with E-state index in [0.29, 0.717) is 12.8 Å². The predicted molar refractivity (Wildman–Crippen MR) is 69.5 cm³/mol. The molecule has 0 aliphatic rings. The summed E-state index contributed by atoms with van der Waals surface area (Å²) in [6.07, 6.45) is 0.890. The summed E-state index contributed by atoms with van der Waals surface area (Å²) in [6, 6.07) is 14.6. The molecule has 0 bridgehead atoms. The van der Waals surface area contributed by atoms with Gasteiger partial charge in [-0.05, 0) is 41.8 Å². The first-order valence-corrected chi connectivity index (χ1v) is 6.08. The molecular formula is C16H13F2N. The minimum atomic E-state index is -0.323. The second-order valence-corrected chi connectivity index (χ2v) is 4.36. The zero-order chi connectivity index (χ0) is 13.7. The maximum atomic E-state index is 13.3. The summed E-state index contributed by atoms with van der Waals surface area (Å²) < 4.78 is 26.6. The van der Waals surface area contributed by atoms with Crippen LogP contribution in [-0.4, -0.2) is 0 Å². The van der Waals surface area contributed by atoms with E-state index < -0.39 is 0 Å². The van der Waals surface area contributed by atoms with Crippen LogP contribution in [0, 0.1) is 23.0 Å². The van der Waals surface area contributed by atoms with E-state index in [2.05, 4.69) is 6.07 Å². The Morgan fingerprint density at radius 3 is 1.89 bits per heavy atom. The highest BCUT2D eigenvalue weighted by atomic mass is 19.1. The molecule has 3 heteroatoms. The van der Waals surface area contributed by atoms with Gasteiger partial charge in [-0.2, -0.15) is 5.26 Å². The van der Waals surface area contributed by atoms with Crippen LogP contribution < -0.4 is 0 Å². The van der Waals surface area contributed by atoms with E-state index in [1.54, 1.807) is 24.3 Å². The van der Waals surface area contributed by atoms with Crippen LogP contribution in [0.25, 0.3) is 0 Å². The van der Waals surface area contributed by atoms with Gasteiger partial charge < -0.3 is 0 Å². The Kier molecular flexibility index (Phi) is 4.25. The molecule has 0 saturated heterocycles. The number of benzene rings is 2. The highest BCUT2D eigenvalue weighted by molar-refractivity contribution is 5.33. The fourth-order valence-electron chi connectivity index (χ4n) is 2.18. The van der Waals surface area contributed by atoms with Gasteiger partial charge in [0.15, 0.2) is 0 Å². The summed E-state index contributed by atoms with van der Waals surface area (Å²) in [5.74, 6) is -0.808. The minimum Gasteiger partial charge on any atom is -0.207 e. The molecule has 1 nitrogen and oxygen atoms in total. The number of halogens is 2. The minimum absolute atomic E-state index is 0.161. The quantitative estimate of drug-likeness (QED) is 0.796. The van der Waals surface area contributed by atoms with Crippen LogP contribution >= 0.6 is 0 Å². The summed E-state index contributed by atoms with van der Waals surface area (Å²) >= 11 is 0. The lowest BCUT2D eigenvalue weighted by Gasteiger charge is -2.17. The van der Waals surface area contributed by atoms with Crippen molar-refractivity contribution < 1.29 is 8.78 Å². The fraction of sp³-hybridized carbons (Fsp3) is 0.188. The highest BCUT2D eigenvalue weighted by Gasteiger charge is 2.15. The number of hydrogen-bond donors (Lipinski definition) is 0. The first kappa shape index (κ1) is 13.2. The van der Waals surface area contributed by atoms with E-state index >= 15 is 0 Å². The molecule has 2 aromatic rings. The van der Waals surface area contributed by atoms with E-state index in [4.69, 9.17) is 5.26 Å². The van der Waals surface area contributed by atoms with Gasteiger partial charge in [0.25, 0.3) is 0 Å². The SMILES string of the molecule is N#CCCC(c1cccc(F)c1)c1cccc(F)c1. The van der Waals surface area contributed by atoms with Crippen LogP contribution in [0.3, 0.4) is 0 Å². The average molecular weight is 257 g/mol. The Bertz CT molecular complexity index is 556. The topological polar surface area (TPSA) is 23.8 Å². The van der Waals surface area contributed by atoms with Crippen molar-refractivity contribution in [1.82, 2.24) is 0 Å². The Morgan fingerprint density at radius 1 is 0.947 bits per heavy atom. The van der Waals surface area contributed by atoms with Crippen LogP contribution in [0.1, 0.15) is 29.9 Å². The first-order chi connectivity index (χ1) is 9.20. The molecule has 0 aliphatic heterocycles. The summed E-state index contributed by atoms with van der Waals surface area (Å²) in [5, 5.41) is 8.72. The maximum absolute atomic E-state index is 13.3. The highest BCUT2D eigenvalue weighted by Crippen LogP contribution is 2.29. The average Bonchev–Trinajstić information content (AvgIpc) is 2.39. The molecule has 2 aromatic carbocycles. The molecule has 0 amide bonds. The van der Waals surface area contributed by atoms with Crippen LogP contribution in [0.5, 0.6) is 0 Å². The third-order valence-electron chi connectivity index (χ3n) is 3.05. The molecule has 96 valence electrons. The smallest absolute Gasteiger partial charge is 0.123 e. The summed E-state index contributed by atoms with van der Waals surface area (Å²) in [7, 11) is 0. The lowest BCUT2D eigenvalue weighted by molar-refractivity contribution is 0.614. The monoisotopic (exact) mass is 257 g/mol. The van der Waals surface area contributed by atoms with Crippen molar-refractivity contribution in [3.8, 4) is 6.07 Å². The summed E-state index contributed by atoms with van der Waals surface area (Å²) in [5.41, 5.74) is 1.53. The lowest BCUT2D eigenvalue weighted by Crippen LogP contribution is -2.02. The number of nitriles is 1. The van der Waals surface area contributed by atoms with Crippen molar-refractivity contribution in [3.05, 3.63) is 71.3 Å². The fourth-order valence-corrected chi connectivity index (χ4v) is 2.18. The maximum Gasteiger partial charge on any atom is 0.123 e. The molecule has 0 heterocycles. The van der Waals surface area contributed by atoms with Gasteiger partial charge in [0.2, 0.25) is 0 Å². The Balaban J connectivity index is 2.38. The van der Waals surface area contributed by atoms with Gasteiger partial charge in [0.05, 0.1) is 6.07 Å². The molecular weight excluding hydrogens is 244 g/mol. The molecule has 19 heavy (non-hydrogen) atoms. The van der Waals surface area contributed by atoms with Crippen molar-refractivity contribution >= 4 is 0 Å². The van der Waals surface area contributed by atoms with Crippen LogP contribution in [-0.2, 0) is 0 Å². The standard InChI is InChI=1S/C16H13F2N/c17-14-6-1-4-12(10-14)16(8-3-9-19)13-5-2-7-15(18)11-13/h1-2,4-7,10-11,16H,3,8H2. The van der Waals surface area contributed by atoms with Crippen molar-refractivity contribution in [2.24, 2.45) is 0 Å². The Hall–Kier alpha value is -2.21. The zero-order valence-electron chi connectivity index (χ0n) is 10.3. The van der Waals surface area contributed by atoms with Crippen molar-refractivity contribution in [1.29, 1.82) is 5.26 Å². The second kappa shape index (κ2) is 6.10. The van der Waals surface area contributed by atoms with Gasteiger partial charge in [-0.25, -0.2) is 8.78 Å². The molecule has 2 rings (SSSR count). The van der Waals surface area contributed by atoms with Crippen LogP contribution in [0.15, 0.2) is 48.5 Å². The van der Waals surface area contributed by atoms with Crippen molar-refractivity contribution in [2.75, 3.05) is 0 Å². The molecule has 0 spiro atoms. The van der Waals surface area contributed by atoms with Gasteiger partial charge in [-0.1, -0.05) is 24.3 Å². The summed E-state index contributed by atoms with van der Waals surface area (Å²) in [6.45, 7) is 0. The van der Waals surface area contributed by atoms with E-state index in [-0.39, 0.29) is 17.6 Å². The molecule has 0 aromatic heterocycles. The second-order valence-electron chi connectivity index (χ2n) is 4.36. The van der Waals surface area contributed by atoms with Gasteiger partial charge >= 0.3 is 0 Å². The van der Waals surface area contributed by atoms with Crippen LogP contribution in [0.4, 0.5) is 8.78 Å². The third kappa shape index (κ3) is 3.38. The predicted octanol–water partition coefficient (Wildman–Crippen LogP) is 4.40. The van der Waals surface area contributed by atoms with Crippen molar-refractivity contribution in [2.45, 2.75) is 18.8 Å². The molecule has 0 saturated carbocycles. The molecule has 0 N–H and O–H groups in total. The first-order valence-electron chi connectivity index (χ1n) is 6.08. The number of nitrogens with zero attached hydrogens (tertiary/aromatic N) is 1. The van der Waals surface area contributed by atoms with E-state index in [0.717, 1.165) is 11.1 Å². The Morgan fingerprint density at radius 2 is 1.47 bits per heavy atom. The van der Waals surface area contributed by atoms with Gasteiger partial charge in [-0.15, -0.1) is 0 Å². The van der Waals surface area contributed by atoms with E-state index in [9.17, 15) is 8.78 Å². The Labute approximate surface area is 111 Å². The third-order valence-corrected chi connectivity index (χ3v) is 3.05. The van der Waals surface area contributed by atoms with Crippen molar-refractivity contribution in [3.63, 3.8) is 0 Å². The van der Waals surface area contributed by atoms with E-state index in [1.165, 1.54) is 24.3 Å². The molecule has 0 aliphatic carbocycles. The number of rotatable bonds is 4. The number of hydrogen-bond acceptors (Lipinski definition) is 1. The zero-order valence-corrected chi connectivity index (χ0v) is 10.3. The van der Waals surface area contributed by atoms with E-state index in [1.807, 2.05) is 0 Å². The molecule has 0 fully saturated rings. The van der Waals surface area contributed by atoms with Gasteiger partial charge in [0.1, 0.15) is 11.6 Å². The largest absolute Gasteiger partial charge is 0.207 e.